The predicted octanol–water partition coefficient (Wildman–Crippen LogP) is 2.50. The molecule has 0 spiro atoms. The van der Waals surface area contributed by atoms with E-state index < -0.39 is 0 Å². The van der Waals surface area contributed by atoms with E-state index in [0.717, 1.165) is 16.0 Å². The van der Waals surface area contributed by atoms with Gasteiger partial charge in [-0.3, -0.25) is 4.79 Å². The first-order chi connectivity index (χ1) is 11.6. The van der Waals surface area contributed by atoms with Gasteiger partial charge in [-0.2, -0.15) is 4.98 Å². The fourth-order valence-electron chi connectivity index (χ4n) is 2.57. The largest absolute Gasteiger partial charge is 0.494 e. The van der Waals surface area contributed by atoms with Gasteiger partial charge in [-0.25, -0.2) is 0 Å². The van der Waals surface area contributed by atoms with Gasteiger partial charge in [-0.05, 0) is 19.1 Å². The number of hydrogen-bond donors (Lipinski definition) is 0. The Kier molecular flexibility index (Phi) is 3.61. The van der Waals surface area contributed by atoms with Crippen LogP contribution in [0.5, 0.6) is 10.9 Å². The average molecular weight is 345 g/mol. The molecule has 1 aliphatic heterocycles. The molecule has 0 aliphatic carbocycles. The maximum Gasteiger partial charge on any atom is 0.276 e. The van der Waals surface area contributed by atoms with Crippen molar-refractivity contribution >= 4 is 27.5 Å². The Morgan fingerprint density at radius 2 is 2.25 bits per heavy atom. The molecule has 2 aromatic heterocycles. The number of amides is 1. The number of carbonyl (C=O) groups is 1. The zero-order valence-corrected chi connectivity index (χ0v) is 14.0. The van der Waals surface area contributed by atoms with Crippen LogP contribution >= 0.6 is 11.3 Å². The number of rotatable bonds is 4. The number of thiazole rings is 1. The summed E-state index contributed by atoms with van der Waals surface area (Å²) in [7, 11) is 1.62. The van der Waals surface area contributed by atoms with Crippen molar-refractivity contribution in [3.05, 3.63) is 35.7 Å². The third-order valence-electron chi connectivity index (χ3n) is 3.83. The summed E-state index contributed by atoms with van der Waals surface area (Å²) in [6, 6.07) is 7.41. The zero-order chi connectivity index (χ0) is 16.7. The van der Waals surface area contributed by atoms with E-state index in [1.807, 2.05) is 18.2 Å². The first kappa shape index (κ1) is 14.9. The Labute approximate surface area is 141 Å². The van der Waals surface area contributed by atoms with Crippen molar-refractivity contribution in [1.82, 2.24) is 15.0 Å². The van der Waals surface area contributed by atoms with E-state index in [-0.39, 0.29) is 12.0 Å². The average Bonchev–Trinajstić information content (AvgIpc) is 3.15. The second kappa shape index (κ2) is 5.79. The lowest BCUT2D eigenvalue weighted by atomic mass is 10.1. The molecule has 24 heavy (non-hydrogen) atoms. The number of para-hydroxylation sites is 1. The molecule has 0 bridgehead atoms. The summed E-state index contributed by atoms with van der Waals surface area (Å²) in [6.45, 7) is 2.78. The molecular weight excluding hydrogens is 330 g/mol. The van der Waals surface area contributed by atoms with Crippen LogP contribution in [0, 0.1) is 6.92 Å². The minimum absolute atomic E-state index is 0.0616. The molecule has 3 heterocycles. The highest BCUT2D eigenvalue weighted by atomic mass is 32.1. The molecule has 7 nitrogen and oxygen atoms in total. The van der Waals surface area contributed by atoms with E-state index in [1.165, 1.54) is 11.3 Å². The van der Waals surface area contributed by atoms with Crippen molar-refractivity contribution in [3.8, 4) is 10.9 Å². The first-order valence-corrected chi connectivity index (χ1v) is 8.28. The SMILES string of the molecule is COc1cccc2sc(OC3CN(C(=O)c4cc(C)on4)C3)nc12. The van der Waals surface area contributed by atoms with Gasteiger partial charge in [0.15, 0.2) is 5.69 Å². The van der Waals surface area contributed by atoms with Crippen LogP contribution < -0.4 is 9.47 Å². The molecule has 0 N–H and O–H groups in total. The number of fused-ring (bicyclic) bond motifs is 1. The summed E-state index contributed by atoms with van der Waals surface area (Å²) in [5.74, 6) is 1.21. The number of aryl methyl sites for hydroxylation is 1. The van der Waals surface area contributed by atoms with Gasteiger partial charge < -0.3 is 18.9 Å². The molecule has 0 saturated carbocycles. The second-order valence-electron chi connectivity index (χ2n) is 5.56. The first-order valence-electron chi connectivity index (χ1n) is 7.47. The van der Waals surface area contributed by atoms with Crippen molar-refractivity contribution in [2.45, 2.75) is 13.0 Å². The number of ether oxygens (including phenoxy) is 2. The number of likely N-dealkylation sites (tertiary alicyclic amines) is 1. The van der Waals surface area contributed by atoms with Gasteiger partial charge in [0.2, 0.25) is 0 Å². The van der Waals surface area contributed by atoms with Gasteiger partial charge in [0.25, 0.3) is 11.1 Å². The zero-order valence-electron chi connectivity index (χ0n) is 13.2. The van der Waals surface area contributed by atoms with Crippen LogP contribution in [-0.4, -0.2) is 47.3 Å². The highest BCUT2D eigenvalue weighted by Gasteiger charge is 2.34. The fourth-order valence-corrected chi connectivity index (χ4v) is 3.47. The van der Waals surface area contributed by atoms with Crippen molar-refractivity contribution < 1.29 is 18.8 Å². The smallest absolute Gasteiger partial charge is 0.276 e. The molecule has 0 unspecified atom stereocenters. The summed E-state index contributed by atoms with van der Waals surface area (Å²) >= 11 is 1.47. The topological polar surface area (TPSA) is 77.7 Å². The van der Waals surface area contributed by atoms with Crippen molar-refractivity contribution in [2.75, 3.05) is 20.2 Å². The Hall–Kier alpha value is -2.61. The van der Waals surface area contributed by atoms with E-state index in [4.69, 9.17) is 14.0 Å². The van der Waals surface area contributed by atoms with Gasteiger partial charge in [0.05, 0.1) is 24.9 Å². The van der Waals surface area contributed by atoms with Crippen LogP contribution in [0.4, 0.5) is 0 Å². The summed E-state index contributed by atoms with van der Waals surface area (Å²) < 4.78 is 17.1. The lowest BCUT2D eigenvalue weighted by Crippen LogP contribution is -2.56. The molecule has 1 amide bonds. The molecule has 3 aromatic rings. The monoisotopic (exact) mass is 345 g/mol. The van der Waals surface area contributed by atoms with Crippen molar-refractivity contribution in [2.24, 2.45) is 0 Å². The van der Waals surface area contributed by atoms with Gasteiger partial charge in [0.1, 0.15) is 23.1 Å². The highest BCUT2D eigenvalue weighted by molar-refractivity contribution is 7.20. The number of aromatic nitrogens is 2. The van der Waals surface area contributed by atoms with E-state index in [2.05, 4.69) is 10.1 Å². The van der Waals surface area contributed by atoms with Gasteiger partial charge in [-0.1, -0.05) is 22.6 Å². The Balaban J connectivity index is 1.40. The van der Waals surface area contributed by atoms with Gasteiger partial charge in [-0.15, -0.1) is 0 Å². The molecule has 1 saturated heterocycles. The number of carbonyl (C=O) groups excluding carboxylic acids is 1. The molecule has 4 rings (SSSR count). The predicted molar refractivity (Wildman–Crippen MR) is 87.7 cm³/mol. The Bertz CT molecular complexity index is 898. The van der Waals surface area contributed by atoms with E-state index >= 15 is 0 Å². The maximum atomic E-state index is 12.2. The quantitative estimate of drug-likeness (QED) is 0.723. The fraction of sp³-hybridized carbons (Fsp3) is 0.312. The van der Waals surface area contributed by atoms with Crippen molar-refractivity contribution in [1.29, 1.82) is 0 Å². The maximum absolute atomic E-state index is 12.2. The van der Waals surface area contributed by atoms with Crippen LogP contribution in [0.15, 0.2) is 28.8 Å². The molecule has 124 valence electrons. The number of nitrogens with zero attached hydrogens (tertiary/aromatic N) is 3. The Morgan fingerprint density at radius 1 is 1.42 bits per heavy atom. The van der Waals surface area contributed by atoms with Crippen LogP contribution in [0.2, 0.25) is 0 Å². The summed E-state index contributed by atoms with van der Waals surface area (Å²) in [4.78, 5) is 18.3. The number of hydrogen-bond acceptors (Lipinski definition) is 7. The van der Waals surface area contributed by atoms with Gasteiger partial charge >= 0.3 is 0 Å². The summed E-state index contributed by atoms with van der Waals surface area (Å²) in [5, 5.41) is 4.33. The number of methoxy groups -OCH3 is 1. The van der Waals surface area contributed by atoms with Crippen LogP contribution in [-0.2, 0) is 0 Å². The molecule has 1 aromatic carbocycles. The van der Waals surface area contributed by atoms with Crippen LogP contribution in [0.1, 0.15) is 16.2 Å². The van der Waals surface area contributed by atoms with E-state index in [0.29, 0.717) is 29.7 Å². The third kappa shape index (κ3) is 2.58. The van der Waals surface area contributed by atoms with E-state index in [9.17, 15) is 4.79 Å². The standard InChI is InChI=1S/C16H15N3O4S/c1-9-6-11(18-23-9)15(20)19-7-10(8-19)22-16-17-14-12(21-2)4-3-5-13(14)24-16/h3-6,10H,7-8H2,1-2H3. The minimum Gasteiger partial charge on any atom is -0.494 e. The lowest BCUT2D eigenvalue weighted by Gasteiger charge is -2.37. The molecule has 1 fully saturated rings. The van der Waals surface area contributed by atoms with Gasteiger partial charge in [0, 0.05) is 6.07 Å². The highest BCUT2D eigenvalue weighted by Crippen LogP contribution is 2.34. The normalized spacial score (nSPS) is 14.7. The second-order valence-corrected chi connectivity index (χ2v) is 6.55. The molecule has 1 aliphatic rings. The lowest BCUT2D eigenvalue weighted by molar-refractivity contribution is 0.0170. The van der Waals surface area contributed by atoms with Crippen molar-refractivity contribution in [3.63, 3.8) is 0 Å². The van der Waals surface area contributed by atoms with Crippen LogP contribution in [0.3, 0.4) is 0 Å². The Morgan fingerprint density at radius 3 is 2.96 bits per heavy atom. The summed E-state index contributed by atoms with van der Waals surface area (Å²) in [5.41, 5.74) is 1.13. The molecular formula is C16H15N3O4S. The molecule has 8 heteroatoms. The minimum atomic E-state index is -0.141. The van der Waals surface area contributed by atoms with Crippen LogP contribution in [0.25, 0.3) is 10.2 Å². The molecule has 0 radical (unpaired) electrons. The summed E-state index contributed by atoms with van der Waals surface area (Å²) in [6.07, 6.45) is -0.0616. The van der Waals surface area contributed by atoms with E-state index in [1.54, 1.807) is 25.0 Å². The third-order valence-corrected chi connectivity index (χ3v) is 4.74. The number of benzene rings is 1. The molecule has 0 atom stereocenters.